The van der Waals surface area contributed by atoms with Crippen LogP contribution in [0.5, 0.6) is 0 Å². The van der Waals surface area contributed by atoms with Crippen molar-refractivity contribution in [1.29, 1.82) is 0 Å². The van der Waals surface area contributed by atoms with Crippen LogP contribution in [0.3, 0.4) is 0 Å². The van der Waals surface area contributed by atoms with Gasteiger partial charge >= 0.3 is 0 Å². The molecule has 0 radical (unpaired) electrons. The topological polar surface area (TPSA) is 38.5 Å². The van der Waals surface area contributed by atoms with Gasteiger partial charge < -0.3 is 4.74 Å². The van der Waals surface area contributed by atoms with E-state index in [1.165, 1.54) is 0 Å². The summed E-state index contributed by atoms with van der Waals surface area (Å²) >= 11 is 0. The average Bonchev–Trinajstić information content (AvgIpc) is 1.85. The second kappa shape index (κ2) is 3.14. The number of hydrogen-bond acceptors (Lipinski definition) is 3. The van der Waals surface area contributed by atoms with Gasteiger partial charge in [-0.1, -0.05) is 6.08 Å². The predicted molar refractivity (Wildman–Crippen MR) is 40.3 cm³/mol. The van der Waals surface area contributed by atoms with E-state index in [0.717, 1.165) is 13.1 Å². The Kier molecular flexibility index (Phi) is 2.43. The van der Waals surface area contributed by atoms with Crippen LogP contribution in [-0.2, 0) is 4.74 Å². The van der Waals surface area contributed by atoms with Crippen LogP contribution in [0, 0.1) is 0 Å². The Morgan fingerprint density at radius 2 is 2.40 bits per heavy atom. The van der Waals surface area contributed by atoms with Crippen molar-refractivity contribution in [3.8, 4) is 0 Å². The molecule has 3 heteroatoms. The van der Waals surface area contributed by atoms with Crippen molar-refractivity contribution in [2.75, 3.05) is 13.1 Å². The summed E-state index contributed by atoms with van der Waals surface area (Å²) in [4.78, 5) is 0. The second-order valence-electron chi connectivity index (χ2n) is 2.67. The summed E-state index contributed by atoms with van der Waals surface area (Å²) in [6.07, 6.45) is 2.12. The van der Waals surface area contributed by atoms with E-state index in [-0.39, 0.29) is 12.2 Å². The number of ether oxygens (including phenoxy) is 1. The van der Waals surface area contributed by atoms with E-state index >= 15 is 0 Å². The van der Waals surface area contributed by atoms with Gasteiger partial charge in [-0.05, 0) is 6.92 Å². The lowest BCUT2D eigenvalue weighted by atomic mass is 10.2. The molecule has 0 aromatic carbocycles. The van der Waals surface area contributed by atoms with Gasteiger partial charge in [0.25, 0.3) is 0 Å². The molecular formula is C7H14N2O. The van der Waals surface area contributed by atoms with Crippen molar-refractivity contribution in [3.63, 3.8) is 0 Å². The molecule has 2 N–H and O–H groups in total. The molecule has 0 spiro atoms. The Balaban J connectivity index is 2.42. The second-order valence-corrected chi connectivity index (χ2v) is 2.67. The van der Waals surface area contributed by atoms with Crippen LogP contribution in [0.2, 0.25) is 0 Å². The normalized spacial score (nSPS) is 35.8. The van der Waals surface area contributed by atoms with Gasteiger partial charge in [-0.25, -0.2) is 5.01 Å². The van der Waals surface area contributed by atoms with Gasteiger partial charge in [0.1, 0.15) is 0 Å². The van der Waals surface area contributed by atoms with Crippen LogP contribution in [0.25, 0.3) is 0 Å². The number of nitrogens with two attached hydrogens (primary N) is 1. The van der Waals surface area contributed by atoms with E-state index in [1.54, 1.807) is 11.1 Å². The highest BCUT2D eigenvalue weighted by Gasteiger charge is 2.20. The number of hydrogen-bond donors (Lipinski definition) is 1. The van der Waals surface area contributed by atoms with Crippen molar-refractivity contribution >= 4 is 0 Å². The fourth-order valence-corrected chi connectivity index (χ4v) is 1.15. The third kappa shape index (κ3) is 1.80. The van der Waals surface area contributed by atoms with E-state index in [2.05, 4.69) is 6.58 Å². The first-order chi connectivity index (χ1) is 4.72. The van der Waals surface area contributed by atoms with Gasteiger partial charge in [0.05, 0.1) is 12.2 Å². The fraction of sp³-hybridized carbons (Fsp3) is 0.714. The van der Waals surface area contributed by atoms with Gasteiger partial charge in [-0.15, -0.1) is 6.58 Å². The van der Waals surface area contributed by atoms with Crippen molar-refractivity contribution in [3.05, 3.63) is 12.7 Å². The zero-order valence-electron chi connectivity index (χ0n) is 6.29. The molecule has 1 aliphatic rings. The minimum atomic E-state index is 0.105. The molecular weight excluding hydrogens is 128 g/mol. The summed E-state index contributed by atoms with van der Waals surface area (Å²) in [5, 5.41) is 1.76. The lowest BCUT2D eigenvalue weighted by Crippen LogP contribution is -2.49. The summed E-state index contributed by atoms with van der Waals surface area (Å²) in [6.45, 7) is 7.22. The zero-order valence-corrected chi connectivity index (χ0v) is 6.29. The molecule has 1 aliphatic heterocycles. The summed E-state index contributed by atoms with van der Waals surface area (Å²) in [7, 11) is 0. The van der Waals surface area contributed by atoms with E-state index in [4.69, 9.17) is 10.6 Å². The molecule has 0 saturated carbocycles. The van der Waals surface area contributed by atoms with Crippen LogP contribution in [0.4, 0.5) is 0 Å². The highest BCUT2D eigenvalue weighted by Crippen LogP contribution is 2.07. The third-order valence-electron chi connectivity index (χ3n) is 1.58. The lowest BCUT2D eigenvalue weighted by Gasteiger charge is -2.32. The molecule has 3 nitrogen and oxygen atoms in total. The highest BCUT2D eigenvalue weighted by atomic mass is 16.5. The van der Waals surface area contributed by atoms with Crippen LogP contribution in [-0.4, -0.2) is 30.3 Å². The van der Waals surface area contributed by atoms with Crippen LogP contribution in [0.15, 0.2) is 12.7 Å². The van der Waals surface area contributed by atoms with E-state index in [9.17, 15) is 0 Å². The Morgan fingerprint density at radius 3 is 2.90 bits per heavy atom. The summed E-state index contributed by atoms with van der Waals surface area (Å²) < 4.78 is 5.47. The molecule has 0 unspecified atom stereocenters. The number of morpholine rings is 1. The van der Waals surface area contributed by atoms with Gasteiger partial charge in [0.2, 0.25) is 0 Å². The zero-order chi connectivity index (χ0) is 7.56. The Labute approximate surface area is 61.4 Å². The fourth-order valence-electron chi connectivity index (χ4n) is 1.15. The van der Waals surface area contributed by atoms with E-state index < -0.39 is 0 Å². The van der Waals surface area contributed by atoms with Crippen molar-refractivity contribution in [2.24, 2.45) is 5.84 Å². The summed E-state index contributed by atoms with van der Waals surface area (Å²) in [5.41, 5.74) is 0. The average molecular weight is 142 g/mol. The molecule has 10 heavy (non-hydrogen) atoms. The van der Waals surface area contributed by atoms with Crippen molar-refractivity contribution in [2.45, 2.75) is 19.1 Å². The van der Waals surface area contributed by atoms with Crippen molar-refractivity contribution in [1.82, 2.24) is 5.01 Å². The quantitative estimate of drug-likeness (QED) is 0.418. The van der Waals surface area contributed by atoms with Crippen LogP contribution < -0.4 is 5.84 Å². The molecule has 0 amide bonds. The third-order valence-corrected chi connectivity index (χ3v) is 1.58. The first-order valence-corrected chi connectivity index (χ1v) is 3.50. The smallest absolute Gasteiger partial charge is 0.0898 e. The molecule has 1 heterocycles. The molecule has 1 rings (SSSR count). The Bertz CT molecular complexity index is 117. The number of hydrazine groups is 1. The first kappa shape index (κ1) is 7.72. The van der Waals surface area contributed by atoms with Gasteiger partial charge in [-0.2, -0.15) is 0 Å². The molecule has 58 valence electrons. The molecule has 1 saturated heterocycles. The monoisotopic (exact) mass is 142 g/mol. The standard InChI is InChI=1S/C7H14N2O/c1-3-7-5-9(8)4-6(2)10-7/h3,6-7H,1,4-5,8H2,2H3/t6-,7-/m1/s1. The highest BCUT2D eigenvalue weighted by molar-refractivity contribution is 4.85. The summed E-state index contributed by atoms with van der Waals surface area (Å²) in [5.74, 6) is 5.60. The molecule has 1 fully saturated rings. The molecule has 0 aromatic heterocycles. The molecule has 0 aromatic rings. The van der Waals surface area contributed by atoms with Gasteiger partial charge in [0.15, 0.2) is 0 Å². The van der Waals surface area contributed by atoms with Crippen molar-refractivity contribution < 1.29 is 4.74 Å². The number of rotatable bonds is 1. The van der Waals surface area contributed by atoms with E-state index in [0.29, 0.717) is 0 Å². The minimum absolute atomic E-state index is 0.105. The Morgan fingerprint density at radius 1 is 1.70 bits per heavy atom. The SMILES string of the molecule is C=C[C@@H]1CN(N)C[C@@H](C)O1. The first-order valence-electron chi connectivity index (χ1n) is 3.50. The molecule has 0 bridgehead atoms. The Hall–Kier alpha value is -0.380. The maximum absolute atomic E-state index is 5.60. The minimum Gasteiger partial charge on any atom is -0.368 e. The molecule has 0 aliphatic carbocycles. The predicted octanol–water partition coefficient (Wildman–Crippen LogP) is 0.135. The number of nitrogens with zero attached hydrogens (tertiary/aromatic N) is 1. The summed E-state index contributed by atoms with van der Waals surface area (Å²) in [6, 6.07) is 0. The largest absolute Gasteiger partial charge is 0.368 e. The van der Waals surface area contributed by atoms with Crippen LogP contribution >= 0.6 is 0 Å². The van der Waals surface area contributed by atoms with Gasteiger partial charge in [-0.3, -0.25) is 5.84 Å². The lowest BCUT2D eigenvalue weighted by molar-refractivity contribution is -0.0552. The maximum atomic E-state index is 5.60. The van der Waals surface area contributed by atoms with Gasteiger partial charge in [0, 0.05) is 13.1 Å². The molecule has 2 atom stereocenters. The maximum Gasteiger partial charge on any atom is 0.0898 e. The van der Waals surface area contributed by atoms with E-state index in [1.807, 2.05) is 6.92 Å². The van der Waals surface area contributed by atoms with Crippen LogP contribution in [0.1, 0.15) is 6.92 Å².